The molecule has 1 aliphatic rings. The lowest BCUT2D eigenvalue weighted by Crippen LogP contribution is -2.47. The lowest BCUT2D eigenvalue weighted by molar-refractivity contribution is 0.163. The van der Waals surface area contributed by atoms with Crippen LogP contribution in [0.2, 0.25) is 0 Å². The molecule has 1 saturated heterocycles. The summed E-state index contributed by atoms with van der Waals surface area (Å²) >= 11 is 0. The molecule has 6 nitrogen and oxygen atoms in total. The predicted molar refractivity (Wildman–Crippen MR) is 122 cm³/mol. The Morgan fingerprint density at radius 3 is 2.37 bits per heavy atom. The van der Waals surface area contributed by atoms with E-state index in [9.17, 15) is 0 Å². The second-order valence-electron chi connectivity index (χ2n) is 6.84. The summed E-state index contributed by atoms with van der Waals surface area (Å²) in [6.07, 6.45) is 3.87. The van der Waals surface area contributed by atoms with Gasteiger partial charge in [0.15, 0.2) is 5.96 Å². The molecule has 1 fully saturated rings. The molecule has 1 aliphatic heterocycles. The maximum atomic E-state index is 5.31. The van der Waals surface area contributed by atoms with Gasteiger partial charge in [-0.3, -0.25) is 9.89 Å². The fourth-order valence-electron chi connectivity index (χ4n) is 3.43. The van der Waals surface area contributed by atoms with Gasteiger partial charge in [-0.25, -0.2) is 0 Å². The third-order valence-electron chi connectivity index (χ3n) is 4.82. The molecule has 0 bridgehead atoms. The van der Waals surface area contributed by atoms with E-state index in [1.165, 1.54) is 24.8 Å². The van der Waals surface area contributed by atoms with E-state index >= 15 is 0 Å². The summed E-state index contributed by atoms with van der Waals surface area (Å²) in [6, 6.07) is 8.95. The molecule has 1 aromatic rings. The minimum Gasteiger partial charge on any atom is -0.497 e. The molecule has 2 unspecified atom stereocenters. The van der Waals surface area contributed by atoms with E-state index in [2.05, 4.69) is 39.6 Å². The highest BCUT2D eigenvalue weighted by Gasteiger charge is 2.22. The molecule has 1 heterocycles. The Hall–Kier alpha value is -1.06. The fraction of sp³-hybridized carbons (Fsp3) is 0.650. The van der Waals surface area contributed by atoms with Crippen LogP contribution in [0.5, 0.6) is 5.75 Å². The molecule has 0 radical (unpaired) electrons. The van der Waals surface area contributed by atoms with Crippen molar-refractivity contribution in [3.63, 3.8) is 0 Å². The van der Waals surface area contributed by atoms with Crippen LogP contribution < -0.4 is 15.4 Å². The number of aliphatic imine (C=N–C) groups is 1. The second kappa shape index (κ2) is 13.2. The molecule has 0 saturated carbocycles. The first-order valence-electron chi connectivity index (χ1n) is 9.52. The molecular weight excluding hydrogens is 455 g/mol. The van der Waals surface area contributed by atoms with Crippen molar-refractivity contribution in [2.24, 2.45) is 4.99 Å². The summed E-state index contributed by atoms with van der Waals surface area (Å²) in [7, 11) is 5.22. The third-order valence-corrected chi connectivity index (χ3v) is 4.82. The van der Waals surface area contributed by atoms with E-state index in [4.69, 9.17) is 9.47 Å². The summed E-state index contributed by atoms with van der Waals surface area (Å²) in [5, 5.41) is 6.86. The molecule has 0 aromatic heterocycles. The van der Waals surface area contributed by atoms with Gasteiger partial charge in [0, 0.05) is 26.7 Å². The van der Waals surface area contributed by atoms with Gasteiger partial charge in [-0.1, -0.05) is 18.6 Å². The van der Waals surface area contributed by atoms with Gasteiger partial charge in [0.1, 0.15) is 5.75 Å². The summed E-state index contributed by atoms with van der Waals surface area (Å²) in [5.74, 6) is 1.70. The number of ether oxygens (including phenoxy) is 2. The van der Waals surface area contributed by atoms with E-state index in [-0.39, 0.29) is 30.0 Å². The highest BCUT2D eigenvalue weighted by atomic mass is 127. The molecule has 154 valence electrons. The second-order valence-corrected chi connectivity index (χ2v) is 6.84. The number of rotatable bonds is 8. The number of hydrogen-bond acceptors (Lipinski definition) is 4. The number of nitrogens with one attached hydrogen (secondary N) is 2. The van der Waals surface area contributed by atoms with Crippen molar-refractivity contribution < 1.29 is 9.47 Å². The summed E-state index contributed by atoms with van der Waals surface area (Å²) in [4.78, 5) is 6.92. The molecule has 27 heavy (non-hydrogen) atoms. The van der Waals surface area contributed by atoms with Crippen LogP contribution in [0.1, 0.15) is 37.8 Å². The summed E-state index contributed by atoms with van der Waals surface area (Å²) in [6.45, 7) is 5.83. The van der Waals surface area contributed by atoms with E-state index in [0.29, 0.717) is 12.6 Å². The maximum Gasteiger partial charge on any atom is 0.191 e. The van der Waals surface area contributed by atoms with E-state index in [1.54, 1.807) is 21.3 Å². The number of likely N-dealkylation sites (tertiary alicyclic amines) is 1. The molecule has 2 N–H and O–H groups in total. The van der Waals surface area contributed by atoms with Crippen molar-refractivity contribution in [3.05, 3.63) is 29.8 Å². The molecule has 2 rings (SSSR count). The highest BCUT2D eigenvalue weighted by Crippen LogP contribution is 2.25. The highest BCUT2D eigenvalue weighted by molar-refractivity contribution is 14.0. The van der Waals surface area contributed by atoms with Crippen molar-refractivity contribution in [3.8, 4) is 5.75 Å². The van der Waals surface area contributed by atoms with Crippen molar-refractivity contribution in [2.45, 2.75) is 38.3 Å². The van der Waals surface area contributed by atoms with Crippen LogP contribution in [0.25, 0.3) is 0 Å². The molecule has 7 heteroatoms. The number of methoxy groups -OCH3 is 2. The zero-order chi connectivity index (χ0) is 18.8. The van der Waals surface area contributed by atoms with Crippen molar-refractivity contribution in [1.29, 1.82) is 0 Å². The number of benzene rings is 1. The van der Waals surface area contributed by atoms with Crippen LogP contribution in [0.4, 0.5) is 0 Å². The Morgan fingerprint density at radius 2 is 1.81 bits per heavy atom. The van der Waals surface area contributed by atoms with Crippen molar-refractivity contribution in [2.75, 3.05) is 47.5 Å². The number of halogens is 1. The molecule has 0 aliphatic carbocycles. The zero-order valence-electron chi connectivity index (χ0n) is 17.0. The average molecular weight is 490 g/mol. The first kappa shape index (κ1) is 24.0. The van der Waals surface area contributed by atoms with E-state index < -0.39 is 0 Å². The Balaban J connectivity index is 0.00000364. The Morgan fingerprint density at radius 1 is 1.15 bits per heavy atom. The number of piperidine rings is 1. The quantitative estimate of drug-likeness (QED) is 0.334. The molecular formula is C20H35IN4O2. The van der Waals surface area contributed by atoms with Crippen LogP contribution in [0, 0.1) is 0 Å². The van der Waals surface area contributed by atoms with Crippen LogP contribution in [-0.4, -0.2) is 64.4 Å². The van der Waals surface area contributed by atoms with E-state index in [1.807, 2.05) is 12.1 Å². The topological polar surface area (TPSA) is 58.1 Å². The Labute approximate surface area is 181 Å². The van der Waals surface area contributed by atoms with Crippen molar-refractivity contribution >= 4 is 29.9 Å². The lowest BCUT2D eigenvalue weighted by atomic mass is 10.0. The van der Waals surface area contributed by atoms with Gasteiger partial charge in [0.2, 0.25) is 0 Å². The molecule has 0 amide bonds. The maximum absolute atomic E-state index is 5.31. The predicted octanol–water partition coefficient (Wildman–Crippen LogP) is 3.04. The van der Waals surface area contributed by atoms with Gasteiger partial charge in [0.25, 0.3) is 0 Å². The zero-order valence-corrected chi connectivity index (χ0v) is 19.4. The van der Waals surface area contributed by atoms with Gasteiger partial charge >= 0.3 is 0 Å². The number of guanidine groups is 1. The van der Waals surface area contributed by atoms with Gasteiger partial charge in [-0.2, -0.15) is 0 Å². The smallest absolute Gasteiger partial charge is 0.191 e. The largest absolute Gasteiger partial charge is 0.497 e. The standard InChI is InChI=1S/C20H34N4O2.HI/c1-16(15-25-3)23-20(21-2)22-14-19(24-12-6-5-7-13-24)17-8-10-18(26-4)11-9-17;/h8-11,16,19H,5-7,12-15H2,1-4H3,(H2,21,22,23);1H. The molecule has 1 aromatic carbocycles. The first-order valence-corrected chi connectivity index (χ1v) is 9.52. The Kier molecular flexibility index (Phi) is 11.7. The molecule has 2 atom stereocenters. The van der Waals surface area contributed by atoms with Gasteiger partial charge < -0.3 is 20.1 Å². The average Bonchev–Trinajstić information content (AvgIpc) is 2.68. The van der Waals surface area contributed by atoms with Gasteiger partial charge in [-0.05, 0) is 50.6 Å². The van der Waals surface area contributed by atoms with Gasteiger partial charge in [-0.15, -0.1) is 24.0 Å². The van der Waals surface area contributed by atoms with Crippen LogP contribution in [0.3, 0.4) is 0 Å². The SMILES string of the molecule is CN=C(NCC(c1ccc(OC)cc1)N1CCCCC1)NC(C)COC.I. The van der Waals surface area contributed by atoms with E-state index in [0.717, 1.165) is 31.3 Å². The van der Waals surface area contributed by atoms with Crippen molar-refractivity contribution in [1.82, 2.24) is 15.5 Å². The summed E-state index contributed by atoms with van der Waals surface area (Å²) < 4.78 is 10.5. The minimum absolute atomic E-state index is 0. The van der Waals surface area contributed by atoms with Crippen LogP contribution in [-0.2, 0) is 4.74 Å². The van der Waals surface area contributed by atoms with Gasteiger partial charge in [0.05, 0.1) is 19.8 Å². The van der Waals surface area contributed by atoms with Crippen LogP contribution >= 0.6 is 24.0 Å². The lowest BCUT2D eigenvalue weighted by Gasteiger charge is -2.35. The fourth-order valence-corrected chi connectivity index (χ4v) is 3.43. The Bertz CT molecular complexity index is 547. The molecule has 0 spiro atoms. The number of hydrogen-bond donors (Lipinski definition) is 2. The normalized spacial score (nSPS) is 17.6. The monoisotopic (exact) mass is 490 g/mol. The van der Waals surface area contributed by atoms with Crippen LogP contribution in [0.15, 0.2) is 29.3 Å². The number of nitrogens with zero attached hydrogens (tertiary/aromatic N) is 2. The third kappa shape index (κ3) is 7.83. The minimum atomic E-state index is 0. The summed E-state index contributed by atoms with van der Waals surface area (Å²) in [5.41, 5.74) is 1.31. The first-order chi connectivity index (χ1) is 12.7.